The van der Waals surface area contributed by atoms with Gasteiger partial charge in [-0.15, -0.1) is 0 Å². The Hall–Kier alpha value is 0.177. The molecule has 0 aromatic rings. The molecule has 1 nitrogen and oxygen atoms in total. The minimum absolute atomic E-state index is 1.11. The van der Waals surface area contributed by atoms with Crippen LogP contribution in [0.15, 0.2) is 0 Å². The van der Waals surface area contributed by atoms with Crippen molar-refractivity contribution in [2.24, 2.45) is 0 Å². The Balaban J connectivity index is 4.12. The first-order valence-electron chi connectivity index (χ1n) is 7.93. The summed E-state index contributed by atoms with van der Waals surface area (Å²) in [5.74, 6) is 0. The lowest BCUT2D eigenvalue weighted by Gasteiger charge is -2.31. The number of hydrogen-bond acceptors (Lipinski definition) is 1. The summed E-state index contributed by atoms with van der Waals surface area (Å²) in [6.45, 7) is 6.95. The Labute approximate surface area is 111 Å². The van der Waals surface area contributed by atoms with Crippen LogP contribution in [0.1, 0.15) is 72.1 Å². The quantitative estimate of drug-likeness (QED) is 0.368. The third-order valence-corrected chi connectivity index (χ3v) is 9.05. The first-order chi connectivity index (χ1) is 8.24. The molecular formula is C15H35NSi. The fourth-order valence-electron chi connectivity index (χ4n) is 2.67. The minimum Gasteiger partial charge on any atom is -0.340 e. The van der Waals surface area contributed by atoms with E-state index in [1.807, 2.05) is 0 Å². The molecule has 0 spiro atoms. The Morgan fingerprint density at radius 2 is 1.12 bits per heavy atom. The number of nitrogens with one attached hydrogen (secondary N) is 1. The molecule has 0 saturated heterocycles. The maximum absolute atomic E-state index is 3.80. The Kier molecular flexibility index (Phi) is 11.4. The summed E-state index contributed by atoms with van der Waals surface area (Å²) in [6.07, 6.45) is 11.3. The largest absolute Gasteiger partial charge is 0.340 e. The van der Waals surface area contributed by atoms with Gasteiger partial charge in [0.25, 0.3) is 0 Å². The van der Waals surface area contributed by atoms with Gasteiger partial charge in [0.15, 0.2) is 0 Å². The van der Waals surface area contributed by atoms with Crippen LogP contribution >= 0.6 is 0 Å². The predicted octanol–water partition coefficient (Wildman–Crippen LogP) is 5.33. The fraction of sp³-hybridized carbons (Fsp3) is 1.00. The molecule has 0 aromatic heterocycles. The van der Waals surface area contributed by atoms with Gasteiger partial charge in [-0.25, -0.2) is 0 Å². The summed E-state index contributed by atoms with van der Waals surface area (Å²) in [6, 6.07) is 4.53. The van der Waals surface area contributed by atoms with E-state index in [0.29, 0.717) is 0 Å². The van der Waals surface area contributed by atoms with Gasteiger partial charge in [0.2, 0.25) is 0 Å². The number of unbranched alkanes of at least 4 members (excludes halogenated alkanes) is 5. The molecule has 2 heteroatoms. The molecule has 0 unspecified atom stereocenters. The van der Waals surface area contributed by atoms with E-state index in [2.05, 4.69) is 32.8 Å². The van der Waals surface area contributed by atoms with Crippen LogP contribution in [0, 0.1) is 0 Å². The molecule has 0 heterocycles. The molecule has 0 aliphatic heterocycles. The van der Waals surface area contributed by atoms with Gasteiger partial charge < -0.3 is 4.98 Å². The molecule has 17 heavy (non-hydrogen) atoms. The standard InChI is InChI=1S/C15H35NSi/c1-5-8-11-12-15-17(16-4,13-9-6-2)14-10-7-3/h16H,5-15H2,1-4H3. The van der Waals surface area contributed by atoms with Gasteiger partial charge in [-0.2, -0.15) is 0 Å². The second kappa shape index (κ2) is 11.3. The molecule has 0 radical (unpaired) electrons. The first-order valence-corrected chi connectivity index (χ1v) is 10.6. The highest BCUT2D eigenvalue weighted by molar-refractivity contribution is 6.77. The lowest BCUT2D eigenvalue weighted by Crippen LogP contribution is -2.48. The van der Waals surface area contributed by atoms with E-state index >= 15 is 0 Å². The number of hydrogen-bond donors (Lipinski definition) is 1. The summed E-state index contributed by atoms with van der Waals surface area (Å²) < 4.78 is 0. The molecule has 104 valence electrons. The van der Waals surface area contributed by atoms with Crippen molar-refractivity contribution in [3.8, 4) is 0 Å². The zero-order valence-electron chi connectivity index (χ0n) is 12.8. The van der Waals surface area contributed by atoms with E-state index in [1.165, 1.54) is 69.5 Å². The van der Waals surface area contributed by atoms with Gasteiger partial charge in [-0.3, -0.25) is 0 Å². The topological polar surface area (TPSA) is 12.0 Å². The summed E-state index contributed by atoms with van der Waals surface area (Å²) in [7, 11) is 1.12. The Morgan fingerprint density at radius 1 is 0.647 bits per heavy atom. The van der Waals surface area contributed by atoms with Crippen molar-refractivity contribution in [2.45, 2.75) is 90.3 Å². The molecule has 0 bridgehead atoms. The van der Waals surface area contributed by atoms with Crippen LogP contribution in [0.25, 0.3) is 0 Å². The Bertz CT molecular complexity index is 151. The van der Waals surface area contributed by atoms with Crippen molar-refractivity contribution in [1.29, 1.82) is 0 Å². The maximum Gasteiger partial charge on any atom is 0.125 e. The van der Waals surface area contributed by atoms with Gasteiger partial charge >= 0.3 is 0 Å². The maximum atomic E-state index is 3.80. The summed E-state index contributed by atoms with van der Waals surface area (Å²) in [5.41, 5.74) is 0. The monoisotopic (exact) mass is 257 g/mol. The van der Waals surface area contributed by atoms with Crippen molar-refractivity contribution in [2.75, 3.05) is 7.05 Å². The summed E-state index contributed by atoms with van der Waals surface area (Å²) >= 11 is 0. The molecule has 1 N–H and O–H groups in total. The highest BCUT2D eigenvalue weighted by Gasteiger charge is 2.29. The van der Waals surface area contributed by atoms with Crippen LogP contribution in [0.3, 0.4) is 0 Å². The van der Waals surface area contributed by atoms with Gasteiger partial charge in [0.1, 0.15) is 8.24 Å². The van der Waals surface area contributed by atoms with Crippen molar-refractivity contribution in [1.82, 2.24) is 4.98 Å². The van der Waals surface area contributed by atoms with Crippen LogP contribution in [-0.2, 0) is 0 Å². The average Bonchev–Trinajstić information content (AvgIpc) is 2.37. The van der Waals surface area contributed by atoms with Gasteiger partial charge in [0.05, 0.1) is 0 Å². The lowest BCUT2D eigenvalue weighted by atomic mass is 10.2. The summed E-state index contributed by atoms with van der Waals surface area (Å²) in [5, 5.41) is 0. The zero-order chi connectivity index (χ0) is 13.0. The normalized spacial score (nSPS) is 12.0. The second-order valence-corrected chi connectivity index (χ2v) is 10.1. The molecule has 0 saturated carbocycles. The average molecular weight is 258 g/mol. The molecular weight excluding hydrogens is 222 g/mol. The molecule has 0 aliphatic carbocycles. The SMILES string of the molecule is CCCCCC[Si](CCCC)(CCCC)NC. The van der Waals surface area contributed by atoms with Crippen LogP contribution in [0.5, 0.6) is 0 Å². The molecule has 0 atom stereocenters. The molecule has 0 aliphatic rings. The van der Waals surface area contributed by atoms with E-state index in [9.17, 15) is 0 Å². The highest BCUT2D eigenvalue weighted by atomic mass is 28.3. The molecule has 0 aromatic carbocycles. The molecule has 0 rings (SSSR count). The van der Waals surface area contributed by atoms with Crippen molar-refractivity contribution in [3.05, 3.63) is 0 Å². The molecule has 0 fully saturated rings. The smallest absolute Gasteiger partial charge is 0.125 e. The van der Waals surface area contributed by atoms with Gasteiger partial charge in [-0.1, -0.05) is 72.1 Å². The Morgan fingerprint density at radius 3 is 1.53 bits per heavy atom. The third kappa shape index (κ3) is 7.99. The second-order valence-electron chi connectivity index (χ2n) is 5.55. The zero-order valence-corrected chi connectivity index (χ0v) is 13.8. The van der Waals surface area contributed by atoms with E-state index in [4.69, 9.17) is 0 Å². The number of rotatable bonds is 12. The van der Waals surface area contributed by atoms with Gasteiger partial charge in [-0.05, 0) is 25.2 Å². The lowest BCUT2D eigenvalue weighted by molar-refractivity contribution is 0.684. The van der Waals surface area contributed by atoms with Crippen molar-refractivity contribution >= 4 is 8.24 Å². The highest BCUT2D eigenvalue weighted by Crippen LogP contribution is 2.25. The predicted molar refractivity (Wildman–Crippen MR) is 83.2 cm³/mol. The van der Waals surface area contributed by atoms with Gasteiger partial charge in [0, 0.05) is 0 Å². The van der Waals surface area contributed by atoms with E-state index < -0.39 is 8.24 Å². The fourth-order valence-corrected chi connectivity index (χ4v) is 7.16. The summed E-state index contributed by atoms with van der Waals surface area (Å²) in [4.78, 5) is 3.80. The van der Waals surface area contributed by atoms with E-state index in [1.54, 1.807) is 0 Å². The van der Waals surface area contributed by atoms with Crippen LogP contribution in [-0.4, -0.2) is 15.3 Å². The van der Waals surface area contributed by atoms with E-state index in [0.717, 1.165) is 0 Å². The van der Waals surface area contributed by atoms with Crippen LogP contribution in [0.4, 0.5) is 0 Å². The first kappa shape index (κ1) is 17.2. The van der Waals surface area contributed by atoms with E-state index in [-0.39, 0.29) is 0 Å². The molecule has 0 amide bonds. The third-order valence-electron chi connectivity index (χ3n) is 4.06. The van der Waals surface area contributed by atoms with Crippen LogP contribution < -0.4 is 4.98 Å². The minimum atomic E-state index is -1.11. The van der Waals surface area contributed by atoms with Crippen molar-refractivity contribution < 1.29 is 0 Å². The van der Waals surface area contributed by atoms with Crippen LogP contribution in [0.2, 0.25) is 18.1 Å². The van der Waals surface area contributed by atoms with Crippen molar-refractivity contribution in [3.63, 3.8) is 0 Å².